The molecule has 0 radical (unpaired) electrons. The fourth-order valence-electron chi connectivity index (χ4n) is 10.8. The van der Waals surface area contributed by atoms with Gasteiger partial charge in [0.25, 0.3) is 0 Å². The van der Waals surface area contributed by atoms with Gasteiger partial charge in [0, 0.05) is 24.7 Å². The van der Waals surface area contributed by atoms with Crippen LogP contribution < -0.4 is 0 Å². The fraction of sp³-hybridized carbons (Fsp3) is 0.972. The summed E-state index contributed by atoms with van der Waals surface area (Å²) < 4.78 is 26.9. The van der Waals surface area contributed by atoms with Crippen molar-refractivity contribution in [2.24, 2.45) is 47.3 Å². The minimum atomic E-state index is -0.822. The van der Waals surface area contributed by atoms with Gasteiger partial charge in [-0.3, -0.25) is 4.79 Å². The molecule has 9 nitrogen and oxygen atoms in total. The zero-order valence-electron chi connectivity index (χ0n) is 28.9. The van der Waals surface area contributed by atoms with E-state index in [9.17, 15) is 4.79 Å². The van der Waals surface area contributed by atoms with Crippen molar-refractivity contribution >= 4 is 5.78 Å². The van der Waals surface area contributed by atoms with Gasteiger partial charge < -0.3 is 18.9 Å². The standard InChI is InChI=1S/C36H58O9/c1-9-10-20(2)26-13-15-33(7)40-31-35(26,44-42-33)19-22(4)29(38-31)17-25(24(6)37)18-30-23(5)28-12-11-21(3)27-14-16-34(8)41-32(39-30)36(27,28)45-43-34/h20-23,25-32H,9-19H2,1-8H3/t20-,21-,22-,23-,25?,26+,27+,28+,29-,30-,31-,32-,33+,34+,35+,36-/m1/s1. The molecule has 9 fully saturated rings. The van der Waals surface area contributed by atoms with Gasteiger partial charge in [-0.05, 0) is 101 Å². The Labute approximate surface area is 269 Å². The van der Waals surface area contributed by atoms with Crippen molar-refractivity contribution in [3.8, 4) is 0 Å². The number of Topliss-reactive ketones (excluding diaryl/α,β-unsaturated/α-hetero) is 1. The molecule has 0 N–H and O–H groups in total. The molecule has 2 spiro atoms. The Morgan fingerprint density at radius 2 is 1.47 bits per heavy atom. The van der Waals surface area contributed by atoms with Gasteiger partial charge in [0.05, 0.1) is 12.2 Å². The summed E-state index contributed by atoms with van der Waals surface area (Å²) in [7, 11) is 0. The minimum absolute atomic E-state index is 0.120. The first-order valence-electron chi connectivity index (χ1n) is 18.2. The van der Waals surface area contributed by atoms with Crippen LogP contribution in [0.1, 0.15) is 126 Å². The molecule has 45 heavy (non-hydrogen) atoms. The molecule has 0 aromatic heterocycles. The van der Waals surface area contributed by atoms with E-state index in [1.54, 1.807) is 6.92 Å². The van der Waals surface area contributed by atoms with Gasteiger partial charge in [0.1, 0.15) is 5.78 Å². The van der Waals surface area contributed by atoms with E-state index in [1.165, 1.54) is 0 Å². The lowest BCUT2D eigenvalue weighted by atomic mass is 9.57. The molecule has 1 aliphatic carbocycles. The predicted octanol–water partition coefficient (Wildman–Crippen LogP) is 7.25. The van der Waals surface area contributed by atoms with Crippen LogP contribution in [0.4, 0.5) is 0 Å². The molecular weight excluding hydrogens is 576 g/mol. The second-order valence-electron chi connectivity index (χ2n) is 16.7. The van der Waals surface area contributed by atoms with Crippen molar-refractivity contribution in [2.75, 3.05) is 0 Å². The summed E-state index contributed by atoms with van der Waals surface area (Å²) in [4.78, 5) is 38.0. The molecule has 256 valence electrons. The Hall–Kier alpha value is -0.650. The van der Waals surface area contributed by atoms with E-state index in [0.717, 1.165) is 57.8 Å². The molecule has 0 amide bonds. The van der Waals surface area contributed by atoms with Gasteiger partial charge in [0.15, 0.2) is 23.8 Å². The third kappa shape index (κ3) is 5.29. The predicted molar refractivity (Wildman–Crippen MR) is 164 cm³/mol. The normalized spacial score (nSPS) is 53.5. The average Bonchev–Trinajstić information content (AvgIpc) is 3.34. The zero-order valence-corrected chi connectivity index (χ0v) is 28.9. The molecule has 9 heteroatoms. The number of carbonyl (C=O) groups excluding carboxylic acids is 1. The van der Waals surface area contributed by atoms with E-state index < -0.39 is 35.4 Å². The van der Waals surface area contributed by atoms with Gasteiger partial charge in [-0.15, -0.1) is 0 Å². The monoisotopic (exact) mass is 634 g/mol. The summed E-state index contributed by atoms with van der Waals surface area (Å²) in [5, 5.41) is 0. The van der Waals surface area contributed by atoms with E-state index in [-0.39, 0.29) is 47.6 Å². The molecule has 1 unspecified atom stereocenters. The first-order valence-corrected chi connectivity index (χ1v) is 18.2. The maximum absolute atomic E-state index is 13.3. The van der Waals surface area contributed by atoms with Crippen LogP contribution in [0.5, 0.6) is 0 Å². The zero-order chi connectivity index (χ0) is 31.9. The maximum Gasteiger partial charge on any atom is 0.201 e. The lowest BCUT2D eigenvalue weighted by Gasteiger charge is -2.60. The average molecular weight is 635 g/mol. The Bertz CT molecular complexity index is 1120. The molecule has 0 aromatic carbocycles. The van der Waals surface area contributed by atoms with E-state index in [0.29, 0.717) is 30.6 Å². The molecule has 8 aliphatic heterocycles. The van der Waals surface area contributed by atoms with Crippen molar-refractivity contribution in [2.45, 2.75) is 174 Å². The number of hydrogen-bond acceptors (Lipinski definition) is 9. The molecule has 8 saturated heterocycles. The van der Waals surface area contributed by atoms with Gasteiger partial charge in [-0.2, -0.15) is 0 Å². The van der Waals surface area contributed by atoms with Crippen LogP contribution in [0.2, 0.25) is 0 Å². The van der Waals surface area contributed by atoms with Crippen molar-refractivity contribution in [1.29, 1.82) is 0 Å². The maximum atomic E-state index is 13.3. The topological polar surface area (TPSA) is 90.9 Å². The van der Waals surface area contributed by atoms with E-state index in [1.807, 2.05) is 13.8 Å². The summed E-state index contributed by atoms with van der Waals surface area (Å²) >= 11 is 0. The Morgan fingerprint density at radius 3 is 2.20 bits per heavy atom. The minimum Gasteiger partial charge on any atom is -0.346 e. The SMILES string of the molecule is CCC[C@@H](C)[C@@H]1CC[C@]2(C)OO[C@@]13C[C@@H](C)[C@@H](CC(C[C@H]1O[C@@H]4O[C@]5(C)CC[C@H]6[C@H](C)CC[C@@H]([C@H]1C)[C@@]46OO5)C(C)=O)O[C@@H]3O2. The summed E-state index contributed by atoms with van der Waals surface area (Å²) in [6.45, 7) is 17.1. The number of ketones is 1. The van der Waals surface area contributed by atoms with Crippen molar-refractivity contribution in [1.82, 2.24) is 0 Å². The van der Waals surface area contributed by atoms with Crippen LogP contribution in [-0.2, 0) is 43.3 Å². The van der Waals surface area contributed by atoms with Gasteiger partial charge in [-0.25, -0.2) is 19.6 Å². The van der Waals surface area contributed by atoms with Gasteiger partial charge in [-0.1, -0.05) is 47.5 Å². The lowest BCUT2D eigenvalue weighted by molar-refractivity contribution is -0.571. The first kappa shape index (κ1) is 32.9. The highest BCUT2D eigenvalue weighted by Crippen LogP contribution is 2.61. The van der Waals surface area contributed by atoms with Gasteiger partial charge >= 0.3 is 0 Å². The van der Waals surface area contributed by atoms with Crippen LogP contribution in [0.25, 0.3) is 0 Å². The van der Waals surface area contributed by atoms with Crippen molar-refractivity contribution in [3.05, 3.63) is 0 Å². The summed E-state index contributed by atoms with van der Waals surface area (Å²) in [5.74, 6) is 0.568. The Balaban J connectivity index is 1.10. The highest BCUT2D eigenvalue weighted by molar-refractivity contribution is 5.78. The largest absolute Gasteiger partial charge is 0.346 e. The number of carbonyl (C=O) groups is 1. The first-order chi connectivity index (χ1) is 21.3. The third-order valence-corrected chi connectivity index (χ3v) is 13.6. The molecule has 9 aliphatic rings. The van der Waals surface area contributed by atoms with E-state index >= 15 is 0 Å². The smallest absolute Gasteiger partial charge is 0.201 e. The fourth-order valence-corrected chi connectivity index (χ4v) is 10.8. The summed E-state index contributed by atoms with van der Waals surface area (Å²) in [6.07, 6.45) is 8.82. The number of ether oxygens (including phenoxy) is 4. The molecular formula is C36H58O9. The lowest BCUT2D eigenvalue weighted by Crippen LogP contribution is -2.70. The number of rotatable bonds is 8. The van der Waals surface area contributed by atoms with Crippen molar-refractivity contribution in [3.63, 3.8) is 0 Å². The van der Waals surface area contributed by atoms with Crippen LogP contribution >= 0.6 is 0 Å². The van der Waals surface area contributed by atoms with Crippen LogP contribution in [0.3, 0.4) is 0 Å². The van der Waals surface area contributed by atoms with E-state index in [4.69, 9.17) is 38.5 Å². The van der Waals surface area contributed by atoms with Crippen LogP contribution in [-0.4, -0.2) is 53.3 Å². The van der Waals surface area contributed by atoms with Gasteiger partial charge in [0.2, 0.25) is 11.6 Å². The molecule has 1 saturated carbocycles. The molecule has 9 rings (SSSR count). The number of fused-ring (bicyclic) bond motifs is 5. The van der Waals surface area contributed by atoms with E-state index in [2.05, 4.69) is 34.6 Å². The molecule has 4 bridgehead atoms. The third-order valence-electron chi connectivity index (χ3n) is 13.6. The summed E-state index contributed by atoms with van der Waals surface area (Å²) in [5.41, 5.74) is -1.23. The second-order valence-corrected chi connectivity index (χ2v) is 16.7. The molecule has 16 atom stereocenters. The van der Waals surface area contributed by atoms with Crippen molar-refractivity contribution < 1.29 is 43.3 Å². The quantitative estimate of drug-likeness (QED) is 0.256. The summed E-state index contributed by atoms with van der Waals surface area (Å²) in [6, 6.07) is 0. The number of hydrogen-bond donors (Lipinski definition) is 0. The molecule has 0 aromatic rings. The highest BCUT2D eigenvalue weighted by atomic mass is 17.3. The van der Waals surface area contributed by atoms with Crippen LogP contribution in [0.15, 0.2) is 0 Å². The highest BCUT2D eigenvalue weighted by Gasteiger charge is 2.69. The Kier molecular flexibility index (Phi) is 8.58. The van der Waals surface area contributed by atoms with Crippen LogP contribution in [0, 0.1) is 47.3 Å². The Morgan fingerprint density at radius 1 is 0.800 bits per heavy atom. The molecule has 8 heterocycles. The second kappa shape index (κ2) is 11.7.